The molecule has 0 fully saturated rings. The van der Waals surface area contributed by atoms with Crippen LogP contribution in [0, 0.1) is 5.92 Å². The standard InChI is InChI=1S/C13H19N3O/c1-9(2)13(14)12(7-17)16-8-15-10-5-3-4-6-11(10)16/h3-6,8-9,12-13,17H,7,14H2,1-2H3. The normalized spacial score (nSPS) is 15.4. The van der Waals surface area contributed by atoms with Crippen molar-refractivity contribution in [1.29, 1.82) is 0 Å². The number of para-hydroxylation sites is 2. The van der Waals surface area contributed by atoms with Crippen LogP contribution in [0.3, 0.4) is 0 Å². The molecule has 0 aliphatic carbocycles. The first-order valence-electron chi connectivity index (χ1n) is 5.93. The van der Waals surface area contributed by atoms with Gasteiger partial charge in [-0.2, -0.15) is 0 Å². The minimum Gasteiger partial charge on any atom is -0.394 e. The Hall–Kier alpha value is -1.39. The van der Waals surface area contributed by atoms with Gasteiger partial charge in [0, 0.05) is 6.04 Å². The Morgan fingerprint density at radius 1 is 1.35 bits per heavy atom. The van der Waals surface area contributed by atoms with E-state index in [4.69, 9.17) is 5.73 Å². The van der Waals surface area contributed by atoms with E-state index in [1.54, 1.807) is 6.33 Å². The molecule has 0 saturated heterocycles. The number of rotatable bonds is 4. The van der Waals surface area contributed by atoms with Crippen LogP contribution in [0.1, 0.15) is 19.9 Å². The van der Waals surface area contributed by atoms with Gasteiger partial charge in [0.25, 0.3) is 0 Å². The van der Waals surface area contributed by atoms with Gasteiger partial charge in [0.2, 0.25) is 0 Å². The maximum absolute atomic E-state index is 9.55. The average molecular weight is 233 g/mol. The first-order chi connectivity index (χ1) is 8.15. The number of hydrogen-bond donors (Lipinski definition) is 2. The van der Waals surface area contributed by atoms with Crippen molar-refractivity contribution in [3.05, 3.63) is 30.6 Å². The van der Waals surface area contributed by atoms with Crippen LogP contribution >= 0.6 is 0 Å². The summed E-state index contributed by atoms with van der Waals surface area (Å²) in [4.78, 5) is 4.33. The van der Waals surface area contributed by atoms with Gasteiger partial charge in [0.15, 0.2) is 0 Å². The van der Waals surface area contributed by atoms with Gasteiger partial charge in [0.1, 0.15) is 0 Å². The highest BCUT2D eigenvalue weighted by Gasteiger charge is 2.22. The van der Waals surface area contributed by atoms with E-state index < -0.39 is 0 Å². The molecule has 0 saturated carbocycles. The van der Waals surface area contributed by atoms with E-state index in [1.165, 1.54) is 0 Å². The number of aliphatic hydroxyl groups is 1. The van der Waals surface area contributed by atoms with Crippen LogP contribution in [0.15, 0.2) is 30.6 Å². The van der Waals surface area contributed by atoms with E-state index >= 15 is 0 Å². The largest absolute Gasteiger partial charge is 0.394 e. The molecule has 0 radical (unpaired) electrons. The van der Waals surface area contributed by atoms with Gasteiger partial charge >= 0.3 is 0 Å². The van der Waals surface area contributed by atoms with Crippen LogP contribution in [-0.4, -0.2) is 27.3 Å². The molecule has 2 atom stereocenters. The third-order valence-electron chi connectivity index (χ3n) is 3.24. The van der Waals surface area contributed by atoms with E-state index in [0.29, 0.717) is 5.92 Å². The number of aliphatic hydroxyl groups excluding tert-OH is 1. The van der Waals surface area contributed by atoms with Gasteiger partial charge < -0.3 is 15.4 Å². The smallest absolute Gasteiger partial charge is 0.0962 e. The summed E-state index contributed by atoms with van der Waals surface area (Å²) in [5.74, 6) is 0.313. The number of hydrogen-bond acceptors (Lipinski definition) is 3. The number of imidazole rings is 1. The summed E-state index contributed by atoms with van der Waals surface area (Å²) in [6.45, 7) is 4.15. The van der Waals surface area contributed by atoms with Gasteiger partial charge in [-0.3, -0.25) is 0 Å². The predicted molar refractivity (Wildman–Crippen MR) is 68.7 cm³/mol. The molecule has 2 rings (SSSR count). The maximum Gasteiger partial charge on any atom is 0.0962 e. The Morgan fingerprint density at radius 2 is 2.06 bits per heavy atom. The summed E-state index contributed by atoms with van der Waals surface area (Å²) in [7, 11) is 0. The second-order valence-corrected chi connectivity index (χ2v) is 4.71. The fourth-order valence-corrected chi connectivity index (χ4v) is 2.08. The van der Waals surface area contributed by atoms with E-state index in [9.17, 15) is 5.11 Å². The first kappa shape index (κ1) is 12.1. The molecule has 2 unspecified atom stereocenters. The van der Waals surface area contributed by atoms with Crippen molar-refractivity contribution in [3.63, 3.8) is 0 Å². The summed E-state index contributed by atoms with van der Waals surface area (Å²) in [5.41, 5.74) is 8.09. The highest BCUT2D eigenvalue weighted by Crippen LogP contribution is 2.21. The Morgan fingerprint density at radius 3 is 2.71 bits per heavy atom. The lowest BCUT2D eigenvalue weighted by molar-refractivity contribution is 0.191. The second kappa shape index (κ2) is 4.85. The minimum atomic E-state index is -0.123. The van der Waals surface area contributed by atoms with Crippen LogP contribution in [0.4, 0.5) is 0 Å². The first-order valence-corrected chi connectivity index (χ1v) is 5.93. The number of benzene rings is 1. The summed E-state index contributed by atoms with van der Waals surface area (Å²) in [6, 6.07) is 7.67. The number of aromatic nitrogens is 2. The topological polar surface area (TPSA) is 64.1 Å². The molecule has 1 heterocycles. The van der Waals surface area contributed by atoms with Crippen LogP contribution in [0.25, 0.3) is 11.0 Å². The molecule has 0 aliphatic rings. The van der Waals surface area contributed by atoms with Crippen molar-refractivity contribution in [2.75, 3.05) is 6.61 Å². The lowest BCUT2D eigenvalue weighted by Gasteiger charge is -2.26. The molecule has 1 aromatic heterocycles. The molecular formula is C13H19N3O. The lowest BCUT2D eigenvalue weighted by atomic mass is 9.97. The third-order valence-corrected chi connectivity index (χ3v) is 3.24. The van der Waals surface area contributed by atoms with Gasteiger partial charge in [-0.25, -0.2) is 4.98 Å². The molecule has 0 spiro atoms. The summed E-state index contributed by atoms with van der Waals surface area (Å²) in [5, 5.41) is 9.55. The maximum atomic E-state index is 9.55. The van der Waals surface area contributed by atoms with Crippen molar-refractivity contribution in [1.82, 2.24) is 9.55 Å². The van der Waals surface area contributed by atoms with E-state index in [0.717, 1.165) is 11.0 Å². The average Bonchev–Trinajstić information content (AvgIpc) is 2.74. The molecule has 92 valence electrons. The Balaban J connectivity index is 2.43. The van der Waals surface area contributed by atoms with Gasteiger partial charge in [0.05, 0.1) is 30.0 Å². The molecule has 4 heteroatoms. The number of nitrogens with two attached hydrogens (primary N) is 1. The summed E-state index contributed by atoms with van der Waals surface area (Å²) in [6.07, 6.45) is 1.76. The van der Waals surface area contributed by atoms with Crippen molar-refractivity contribution in [3.8, 4) is 0 Å². The highest BCUT2D eigenvalue weighted by molar-refractivity contribution is 5.75. The minimum absolute atomic E-state index is 0.0275. The monoisotopic (exact) mass is 233 g/mol. The zero-order valence-electron chi connectivity index (χ0n) is 10.2. The fraction of sp³-hybridized carbons (Fsp3) is 0.462. The van der Waals surface area contributed by atoms with E-state index in [1.807, 2.05) is 28.8 Å². The molecule has 2 aromatic rings. The number of fused-ring (bicyclic) bond motifs is 1. The molecule has 0 aliphatic heterocycles. The van der Waals surface area contributed by atoms with Crippen molar-refractivity contribution < 1.29 is 5.11 Å². The zero-order chi connectivity index (χ0) is 12.4. The lowest BCUT2D eigenvalue weighted by Crippen LogP contribution is -2.38. The fourth-order valence-electron chi connectivity index (χ4n) is 2.08. The van der Waals surface area contributed by atoms with Crippen LogP contribution in [0.5, 0.6) is 0 Å². The molecule has 4 nitrogen and oxygen atoms in total. The highest BCUT2D eigenvalue weighted by atomic mass is 16.3. The number of nitrogens with zero attached hydrogens (tertiary/aromatic N) is 2. The SMILES string of the molecule is CC(C)C(N)C(CO)n1cnc2ccccc21. The summed E-state index contributed by atoms with van der Waals surface area (Å²) < 4.78 is 1.97. The van der Waals surface area contributed by atoms with Gasteiger partial charge in [-0.15, -0.1) is 0 Å². The molecule has 0 amide bonds. The Kier molecular flexibility index (Phi) is 3.45. The van der Waals surface area contributed by atoms with Gasteiger partial charge in [-0.1, -0.05) is 26.0 Å². The zero-order valence-corrected chi connectivity index (χ0v) is 10.2. The Labute approximate surface area is 101 Å². The van der Waals surface area contributed by atoms with Crippen molar-refractivity contribution >= 4 is 11.0 Å². The van der Waals surface area contributed by atoms with E-state index in [2.05, 4.69) is 18.8 Å². The molecule has 1 aromatic carbocycles. The van der Waals surface area contributed by atoms with Crippen LogP contribution in [-0.2, 0) is 0 Å². The van der Waals surface area contributed by atoms with Crippen LogP contribution in [0.2, 0.25) is 0 Å². The van der Waals surface area contributed by atoms with Crippen LogP contribution < -0.4 is 5.73 Å². The van der Waals surface area contributed by atoms with E-state index in [-0.39, 0.29) is 18.7 Å². The second-order valence-electron chi connectivity index (χ2n) is 4.71. The molecule has 17 heavy (non-hydrogen) atoms. The summed E-state index contributed by atoms with van der Waals surface area (Å²) >= 11 is 0. The molecule has 3 N–H and O–H groups in total. The Bertz CT molecular complexity index is 492. The molecule has 0 bridgehead atoms. The van der Waals surface area contributed by atoms with Crippen molar-refractivity contribution in [2.45, 2.75) is 25.9 Å². The third kappa shape index (κ3) is 2.18. The quantitative estimate of drug-likeness (QED) is 0.842. The van der Waals surface area contributed by atoms with Gasteiger partial charge in [-0.05, 0) is 18.1 Å². The van der Waals surface area contributed by atoms with Crippen molar-refractivity contribution in [2.24, 2.45) is 11.7 Å². The predicted octanol–water partition coefficient (Wildman–Crippen LogP) is 1.55. The molecular weight excluding hydrogens is 214 g/mol.